The molecular formula is C12H26N2O5Si. The summed E-state index contributed by atoms with van der Waals surface area (Å²) < 4.78 is 17.0. The van der Waals surface area contributed by atoms with Crippen molar-refractivity contribution in [3.8, 4) is 0 Å². The Morgan fingerprint density at radius 3 is 1.85 bits per heavy atom. The SMILES string of the molecule is CCO[Si](CCNC(=O)CNC(C)=O)(OCC)OCC. The van der Waals surface area contributed by atoms with Crippen molar-refractivity contribution in [1.82, 2.24) is 10.6 Å². The minimum atomic E-state index is -2.71. The number of nitrogens with one attached hydrogen (secondary N) is 2. The normalized spacial score (nSPS) is 11.2. The van der Waals surface area contributed by atoms with Crippen LogP contribution in [0.5, 0.6) is 0 Å². The lowest BCUT2D eigenvalue weighted by molar-refractivity contribution is -0.125. The molecule has 7 nitrogen and oxygen atoms in total. The number of hydrogen-bond donors (Lipinski definition) is 2. The van der Waals surface area contributed by atoms with Crippen molar-refractivity contribution in [2.24, 2.45) is 0 Å². The van der Waals surface area contributed by atoms with Gasteiger partial charge in [-0.3, -0.25) is 9.59 Å². The Morgan fingerprint density at radius 1 is 0.950 bits per heavy atom. The van der Waals surface area contributed by atoms with Crippen LogP contribution < -0.4 is 10.6 Å². The van der Waals surface area contributed by atoms with E-state index in [0.717, 1.165) is 0 Å². The van der Waals surface area contributed by atoms with E-state index < -0.39 is 8.80 Å². The first kappa shape index (κ1) is 19.0. The van der Waals surface area contributed by atoms with Gasteiger partial charge in [-0.2, -0.15) is 0 Å². The zero-order chi connectivity index (χ0) is 15.4. The number of hydrogen-bond acceptors (Lipinski definition) is 5. The third-order valence-electron chi connectivity index (χ3n) is 2.34. The molecule has 0 atom stereocenters. The van der Waals surface area contributed by atoms with Gasteiger partial charge in [0.2, 0.25) is 11.8 Å². The van der Waals surface area contributed by atoms with Gasteiger partial charge in [0, 0.05) is 39.3 Å². The molecule has 8 heteroatoms. The quantitative estimate of drug-likeness (QED) is 0.536. The molecule has 20 heavy (non-hydrogen) atoms. The summed E-state index contributed by atoms with van der Waals surface area (Å²) in [7, 11) is -2.71. The second-order valence-electron chi connectivity index (χ2n) is 3.99. The third kappa shape index (κ3) is 8.26. The van der Waals surface area contributed by atoms with E-state index in [1.54, 1.807) is 0 Å². The van der Waals surface area contributed by atoms with E-state index in [4.69, 9.17) is 13.3 Å². The second kappa shape index (κ2) is 10.8. The zero-order valence-electron chi connectivity index (χ0n) is 12.8. The van der Waals surface area contributed by atoms with Crippen LogP contribution in [-0.4, -0.2) is 53.5 Å². The lowest BCUT2D eigenvalue weighted by Crippen LogP contribution is -2.49. The largest absolute Gasteiger partial charge is 0.502 e. The predicted octanol–water partition coefficient (Wildman–Crippen LogP) is 0.287. The first-order chi connectivity index (χ1) is 9.49. The van der Waals surface area contributed by atoms with Crippen LogP contribution in [0.2, 0.25) is 6.04 Å². The molecule has 0 spiro atoms. The zero-order valence-corrected chi connectivity index (χ0v) is 13.8. The number of carbonyl (C=O) groups excluding carboxylic acids is 2. The van der Waals surface area contributed by atoms with Crippen molar-refractivity contribution >= 4 is 20.6 Å². The lowest BCUT2D eigenvalue weighted by atomic mass is 10.5. The van der Waals surface area contributed by atoms with Gasteiger partial charge in [-0.1, -0.05) is 0 Å². The molecule has 0 aliphatic rings. The van der Waals surface area contributed by atoms with E-state index in [1.807, 2.05) is 20.8 Å². The fourth-order valence-electron chi connectivity index (χ4n) is 1.62. The summed E-state index contributed by atoms with van der Waals surface area (Å²) in [4.78, 5) is 22.2. The molecule has 0 fully saturated rings. The molecule has 0 aliphatic carbocycles. The van der Waals surface area contributed by atoms with Crippen LogP contribution >= 0.6 is 0 Å². The van der Waals surface area contributed by atoms with Crippen molar-refractivity contribution < 1.29 is 22.9 Å². The Balaban J connectivity index is 4.23. The molecule has 0 radical (unpaired) electrons. The smallest absolute Gasteiger partial charge is 0.374 e. The topological polar surface area (TPSA) is 85.9 Å². The minimum Gasteiger partial charge on any atom is -0.374 e. The maximum atomic E-state index is 11.5. The maximum absolute atomic E-state index is 11.5. The minimum absolute atomic E-state index is 0.0260. The average Bonchev–Trinajstić information content (AvgIpc) is 2.37. The average molecular weight is 306 g/mol. The number of amides is 2. The fraction of sp³-hybridized carbons (Fsp3) is 0.833. The molecule has 0 bridgehead atoms. The molecule has 0 saturated heterocycles. The molecule has 0 aliphatic heterocycles. The number of rotatable bonds is 11. The Hall–Kier alpha value is -0.963. The molecule has 2 N–H and O–H groups in total. The molecule has 0 aromatic rings. The summed E-state index contributed by atoms with van der Waals surface area (Å²) in [6.07, 6.45) is 0. The first-order valence-electron chi connectivity index (χ1n) is 6.92. The van der Waals surface area contributed by atoms with Gasteiger partial charge in [-0.15, -0.1) is 0 Å². The Morgan fingerprint density at radius 2 is 1.45 bits per heavy atom. The highest BCUT2D eigenvalue weighted by molar-refractivity contribution is 6.60. The second-order valence-corrected chi connectivity index (χ2v) is 6.72. The Kier molecular flexibility index (Phi) is 10.3. The summed E-state index contributed by atoms with van der Waals surface area (Å²) >= 11 is 0. The van der Waals surface area contributed by atoms with E-state index in [1.165, 1.54) is 6.92 Å². The van der Waals surface area contributed by atoms with E-state index in [2.05, 4.69) is 10.6 Å². The number of carbonyl (C=O) groups is 2. The van der Waals surface area contributed by atoms with Crippen LogP contribution in [0.4, 0.5) is 0 Å². The summed E-state index contributed by atoms with van der Waals surface area (Å²) in [6, 6.07) is 0.508. The molecule has 118 valence electrons. The van der Waals surface area contributed by atoms with E-state index in [9.17, 15) is 9.59 Å². The molecule has 0 aromatic carbocycles. The van der Waals surface area contributed by atoms with Crippen LogP contribution in [0.15, 0.2) is 0 Å². The Labute approximate surface area is 121 Å². The van der Waals surface area contributed by atoms with Crippen LogP contribution in [0, 0.1) is 0 Å². The van der Waals surface area contributed by atoms with E-state index in [-0.39, 0.29) is 18.4 Å². The van der Waals surface area contributed by atoms with Gasteiger partial charge in [0.05, 0.1) is 6.54 Å². The van der Waals surface area contributed by atoms with Crippen molar-refractivity contribution in [2.45, 2.75) is 33.7 Å². The fourth-order valence-corrected chi connectivity index (χ4v) is 4.06. The van der Waals surface area contributed by atoms with Crippen molar-refractivity contribution in [3.63, 3.8) is 0 Å². The van der Waals surface area contributed by atoms with Crippen LogP contribution in [-0.2, 0) is 22.9 Å². The maximum Gasteiger partial charge on any atom is 0.502 e. The molecule has 0 rings (SSSR count). The highest BCUT2D eigenvalue weighted by atomic mass is 28.4. The summed E-state index contributed by atoms with van der Waals surface area (Å²) in [6.45, 7) is 8.90. The van der Waals surface area contributed by atoms with Crippen molar-refractivity contribution in [3.05, 3.63) is 0 Å². The van der Waals surface area contributed by atoms with Gasteiger partial charge in [-0.25, -0.2) is 0 Å². The summed E-state index contributed by atoms with van der Waals surface area (Å²) in [5.41, 5.74) is 0. The molecule has 0 heterocycles. The summed E-state index contributed by atoms with van der Waals surface area (Å²) in [5, 5.41) is 5.14. The monoisotopic (exact) mass is 306 g/mol. The van der Waals surface area contributed by atoms with Gasteiger partial charge in [0.25, 0.3) is 0 Å². The van der Waals surface area contributed by atoms with Crippen molar-refractivity contribution in [2.75, 3.05) is 32.9 Å². The van der Waals surface area contributed by atoms with Gasteiger partial charge >= 0.3 is 8.80 Å². The highest BCUT2D eigenvalue weighted by Gasteiger charge is 2.39. The van der Waals surface area contributed by atoms with Gasteiger partial charge in [0.1, 0.15) is 0 Å². The molecule has 0 aromatic heterocycles. The highest BCUT2D eigenvalue weighted by Crippen LogP contribution is 2.15. The molecule has 0 unspecified atom stereocenters. The van der Waals surface area contributed by atoms with Crippen LogP contribution in [0.3, 0.4) is 0 Å². The van der Waals surface area contributed by atoms with E-state index in [0.29, 0.717) is 32.4 Å². The predicted molar refractivity (Wildman–Crippen MR) is 77.1 cm³/mol. The lowest BCUT2D eigenvalue weighted by Gasteiger charge is -2.28. The third-order valence-corrected chi connectivity index (χ3v) is 5.39. The molecule has 2 amide bonds. The van der Waals surface area contributed by atoms with Gasteiger partial charge < -0.3 is 23.9 Å². The molecular weight excluding hydrogens is 280 g/mol. The molecule has 0 saturated carbocycles. The van der Waals surface area contributed by atoms with E-state index >= 15 is 0 Å². The Bertz CT molecular complexity index is 285. The van der Waals surface area contributed by atoms with Gasteiger partial charge in [-0.05, 0) is 20.8 Å². The summed E-state index contributed by atoms with van der Waals surface area (Å²) in [5.74, 6) is -0.477. The van der Waals surface area contributed by atoms with Crippen LogP contribution in [0.25, 0.3) is 0 Å². The van der Waals surface area contributed by atoms with Gasteiger partial charge in [0.15, 0.2) is 0 Å². The standard InChI is InChI=1S/C12H26N2O5Si/c1-5-17-20(18-6-2,19-7-3)9-8-13-12(16)10-14-11(4)15/h5-10H2,1-4H3,(H,13,16)(H,14,15). The first-order valence-corrected chi connectivity index (χ1v) is 8.85. The van der Waals surface area contributed by atoms with Crippen molar-refractivity contribution in [1.29, 1.82) is 0 Å². The van der Waals surface area contributed by atoms with Crippen LogP contribution in [0.1, 0.15) is 27.7 Å².